The first-order chi connectivity index (χ1) is 18.6. The monoisotopic (exact) mass is 573 g/mol. The van der Waals surface area contributed by atoms with Crippen LogP contribution in [0.1, 0.15) is 29.5 Å². The standard InChI is InChI=1S/C28H32FN3O5S2/c1-22-8-12-25(13-9-22)39(36,37)32(20-24-6-2-3-7-27(24)29)21-28(33)30-17-16-23-10-14-26(15-11-23)38(34,35)31-18-4-5-19-31/h2-3,6-15H,4-5,16-21H2,1H3,(H,30,33). The zero-order valence-electron chi connectivity index (χ0n) is 21.7. The van der Waals surface area contributed by atoms with Gasteiger partial charge in [-0.2, -0.15) is 8.61 Å². The van der Waals surface area contributed by atoms with Crippen LogP contribution < -0.4 is 5.32 Å². The van der Waals surface area contributed by atoms with E-state index in [0.29, 0.717) is 19.5 Å². The summed E-state index contributed by atoms with van der Waals surface area (Å²) < 4.78 is 68.9. The van der Waals surface area contributed by atoms with Gasteiger partial charge in [-0.05, 0) is 62.1 Å². The van der Waals surface area contributed by atoms with Crippen molar-refractivity contribution in [2.24, 2.45) is 0 Å². The molecule has 3 aromatic carbocycles. The van der Waals surface area contributed by atoms with Crippen LogP contribution >= 0.6 is 0 Å². The molecule has 1 heterocycles. The Bertz CT molecular complexity index is 1500. The number of rotatable bonds is 11. The number of halogens is 1. The van der Waals surface area contributed by atoms with Gasteiger partial charge in [0, 0.05) is 31.7 Å². The van der Waals surface area contributed by atoms with Crippen LogP contribution in [0.25, 0.3) is 0 Å². The minimum Gasteiger partial charge on any atom is -0.355 e. The molecule has 11 heteroatoms. The van der Waals surface area contributed by atoms with Crippen LogP contribution in [0.5, 0.6) is 0 Å². The third-order valence-electron chi connectivity index (χ3n) is 6.65. The highest BCUT2D eigenvalue weighted by Gasteiger charge is 2.28. The Morgan fingerprint density at radius 2 is 1.51 bits per heavy atom. The summed E-state index contributed by atoms with van der Waals surface area (Å²) in [5.41, 5.74) is 1.87. The first-order valence-corrected chi connectivity index (χ1v) is 15.6. The summed E-state index contributed by atoms with van der Waals surface area (Å²) in [6.07, 6.45) is 2.15. The van der Waals surface area contributed by atoms with Crippen LogP contribution in [0.2, 0.25) is 0 Å². The van der Waals surface area contributed by atoms with Crippen molar-refractivity contribution in [1.29, 1.82) is 0 Å². The molecule has 0 unspecified atom stereocenters. The van der Waals surface area contributed by atoms with Gasteiger partial charge in [0.2, 0.25) is 26.0 Å². The molecular formula is C28H32FN3O5S2. The summed E-state index contributed by atoms with van der Waals surface area (Å²) >= 11 is 0. The Hall–Kier alpha value is -3.12. The molecule has 208 valence electrons. The molecule has 39 heavy (non-hydrogen) atoms. The average Bonchev–Trinajstić information content (AvgIpc) is 3.46. The molecule has 4 rings (SSSR count). The van der Waals surface area contributed by atoms with Gasteiger partial charge in [0.05, 0.1) is 16.3 Å². The van der Waals surface area contributed by atoms with Gasteiger partial charge in [-0.15, -0.1) is 0 Å². The van der Waals surface area contributed by atoms with E-state index in [0.717, 1.165) is 28.3 Å². The Labute approximate surface area is 229 Å². The van der Waals surface area contributed by atoms with Crippen LogP contribution in [-0.4, -0.2) is 57.5 Å². The molecule has 0 bridgehead atoms. The van der Waals surface area contributed by atoms with E-state index in [9.17, 15) is 26.0 Å². The maximum Gasteiger partial charge on any atom is 0.243 e. The Morgan fingerprint density at radius 1 is 0.897 bits per heavy atom. The van der Waals surface area contributed by atoms with E-state index in [2.05, 4.69) is 5.32 Å². The molecule has 3 aromatic rings. The number of hydrogen-bond donors (Lipinski definition) is 1. The molecule has 1 N–H and O–H groups in total. The molecule has 0 atom stereocenters. The molecule has 1 aliphatic heterocycles. The van der Waals surface area contributed by atoms with Crippen molar-refractivity contribution < 1.29 is 26.0 Å². The lowest BCUT2D eigenvalue weighted by atomic mass is 10.1. The van der Waals surface area contributed by atoms with Crippen molar-refractivity contribution in [3.05, 3.63) is 95.3 Å². The van der Waals surface area contributed by atoms with Gasteiger partial charge in [-0.25, -0.2) is 21.2 Å². The molecule has 0 radical (unpaired) electrons. The number of benzene rings is 3. The number of amides is 1. The number of carbonyl (C=O) groups excluding carboxylic acids is 1. The molecule has 1 amide bonds. The van der Waals surface area contributed by atoms with E-state index >= 15 is 0 Å². The number of aryl methyl sites for hydroxylation is 1. The fourth-order valence-electron chi connectivity index (χ4n) is 4.37. The Balaban J connectivity index is 1.40. The number of sulfonamides is 2. The van der Waals surface area contributed by atoms with Crippen molar-refractivity contribution in [1.82, 2.24) is 13.9 Å². The van der Waals surface area contributed by atoms with Crippen LogP contribution in [0, 0.1) is 12.7 Å². The molecule has 1 saturated heterocycles. The molecule has 0 saturated carbocycles. The molecule has 1 aliphatic rings. The lowest BCUT2D eigenvalue weighted by Gasteiger charge is -2.22. The third kappa shape index (κ3) is 7.10. The number of nitrogens with one attached hydrogen (secondary N) is 1. The first-order valence-electron chi connectivity index (χ1n) is 12.7. The molecule has 0 aromatic heterocycles. The minimum absolute atomic E-state index is 0.0150. The Kier molecular flexibility index (Phi) is 9.16. The largest absolute Gasteiger partial charge is 0.355 e. The van der Waals surface area contributed by atoms with Gasteiger partial charge in [-0.3, -0.25) is 4.79 Å². The summed E-state index contributed by atoms with van der Waals surface area (Å²) in [6, 6.07) is 18.6. The molecular weight excluding hydrogens is 541 g/mol. The van der Waals surface area contributed by atoms with Gasteiger partial charge in [0.1, 0.15) is 5.82 Å². The third-order valence-corrected chi connectivity index (χ3v) is 10.4. The first kappa shape index (κ1) is 28.9. The minimum atomic E-state index is -4.09. The second-order valence-electron chi connectivity index (χ2n) is 9.53. The number of nitrogens with zero attached hydrogens (tertiary/aromatic N) is 2. The summed E-state index contributed by atoms with van der Waals surface area (Å²) in [5, 5.41) is 2.72. The SMILES string of the molecule is Cc1ccc(S(=O)(=O)N(CC(=O)NCCc2ccc(S(=O)(=O)N3CCCC3)cc2)Cc2ccccc2F)cc1. The van der Waals surface area contributed by atoms with Gasteiger partial charge in [-0.1, -0.05) is 48.0 Å². The fraction of sp³-hybridized carbons (Fsp3) is 0.321. The second-order valence-corrected chi connectivity index (χ2v) is 13.4. The molecule has 0 spiro atoms. The predicted molar refractivity (Wildman–Crippen MR) is 146 cm³/mol. The smallest absolute Gasteiger partial charge is 0.243 e. The summed E-state index contributed by atoms with van der Waals surface area (Å²) in [7, 11) is -7.58. The molecule has 8 nitrogen and oxygen atoms in total. The molecule has 0 aliphatic carbocycles. The number of hydrogen-bond acceptors (Lipinski definition) is 5. The highest BCUT2D eigenvalue weighted by atomic mass is 32.2. The highest BCUT2D eigenvalue weighted by molar-refractivity contribution is 7.89. The van der Waals surface area contributed by atoms with Crippen LogP contribution in [0.15, 0.2) is 82.6 Å². The van der Waals surface area contributed by atoms with E-state index < -0.39 is 38.3 Å². The maximum absolute atomic E-state index is 14.3. The van der Waals surface area contributed by atoms with E-state index in [-0.39, 0.29) is 28.4 Å². The highest BCUT2D eigenvalue weighted by Crippen LogP contribution is 2.22. The zero-order chi connectivity index (χ0) is 28.0. The van der Waals surface area contributed by atoms with Crippen molar-refractivity contribution in [3.63, 3.8) is 0 Å². The lowest BCUT2D eigenvalue weighted by molar-refractivity contribution is -0.121. The Morgan fingerprint density at radius 3 is 2.15 bits per heavy atom. The number of carbonyl (C=O) groups is 1. The quantitative estimate of drug-likeness (QED) is 0.378. The summed E-state index contributed by atoms with van der Waals surface area (Å²) in [5.74, 6) is -1.09. The topological polar surface area (TPSA) is 104 Å². The van der Waals surface area contributed by atoms with Crippen molar-refractivity contribution in [3.8, 4) is 0 Å². The van der Waals surface area contributed by atoms with E-state index in [1.807, 2.05) is 6.92 Å². The van der Waals surface area contributed by atoms with E-state index in [4.69, 9.17) is 0 Å². The average molecular weight is 574 g/mol. The lowest BCUT2D eigenvalue weighted by Crippen LogP contribution is -2.41. The van der Waals surface area contributed by atoms with Gasteiger partial charge in [0.15, 0.2) is 0 Å². The predicted octanol–water partition coefficient (Wildman–Crippen LogP) is 3.47. The van der Waals surface area contributed by atoms with Gasteiger partial charge in [0.25, 0.3) is 0 Å². The van der Waals surface area contributed by atoms with E-state index in [1.165, 1.54) is 34.6 Å². The second kappa shape index (κ2) is 12.4. The van der Waals surface area contributed by atoms with E-state index in [1.54, 1.807) is 42.5 Å². The normalized spacial score (nSPS) is 14.5. The van der Waals surface area contributed by atoms with Crippen LogP contribution in [0.3, 0.4) is 0 Å². The summed E-state index contributed by atoms with van der Waals surface area (Å²) in [4.78, 5) is 13.0. The van der Waals surface area contributed by atoms with Crippen molar-refractivity contribution in [2.45, 2.75) is 42.5 Å². The van der Waals surface area contributed by atoms with Crippen LogP contribution in [0.4, 0.5) is 4.39 Å². The zero-order valence-corrected chi connectivity index (χ0v) is 23.3. The van der Waals surface area contributed by atoms with Crippen molar-refractivity contribution in [2.75, 3.05) is 26.2 Å². The van der Waals surface area contributed by atoms with Gasteiger partial charge >= 0.3 is 0 Å². The van der Waals surface area contributed by atoms with Crippen molar-refractivity contribution >= 4 is 26.0 Å². The summed E-state index contributed by atoms with van der Waals surface area (Å²) in [6.45, 7) is 2.32. The van der Waals surface area contributed by atoms with Gasteiger partial charge < -0.3 is 5.32 Å². The molecule has 1 fully saturated rings. The maximum atomic E-state index is 14.3. The fourth-order valence-corrected chi connectivity index (χ4v) is 7.26. The van der Waals surface area contributed by atoms with Crippen LogP contribution in [-0.2, 0) is 37.8 Å².